The fraction of sp³-hybridized carbons (Fsp3) is 0.409. The van der Waals surface area contributed by atoms with Crippen LogP contribution >= 0.6 is 27.3 Å². The molecular formula is C22H23BrFN3O5S. The molecule has 11 heteroatoms. The molecule has 0 radical (unpaired) electrons. The van der Waals surface area contributed by atoms with Gasteiger partial charge in [0.2, 0.25) is 11.8 Å². The third-order valence-electron chi connectivity index (χ3n) is 5.69. The van der Waals surface area contributed by atoms with Gasteiger partial charge in [-0.1, -0.05) is 24.2 Å². The number of amides is 3. The summed E-state index contributed by atoms with van der Waals surface area (Å²) in [7, 11) is 0. The van der Waals surface area contributed by atoms with E-state index in [-0.39, 0.29) is 30.2 Å². The highest BCUT2D eigenvalue weighted by Gasteiger charge is 2.43. The molecule has 2 N–H and O–H groups in total. The lowest BCUT2D eigenvalue weighted by molar-refractivity contribution is -0.122. The van der Waals surface area contributed by atoms with Crippen molar-refractivity contribution < 1.29 is 28.2 Å². The number of hydrogen-bond acceptors (Lipinski definition) is 6. The van der Waals surface area contributed by atoms with Crippen LogP contribution in [0.15, 0.2) is 34.1 Å². The molecule has 33 heavy (non-hydrogen) atoms. The first kappa shape index (κ1) is 23.7. The van der Waals surface area contributed by atoms with E-state index in [4.69, 9.17) is 9.47 Å². The summed E-state index contributed by atoms with van der Waals surface area (Å²) >= 11 is 4.56. The van der Waals surface area contributed by atoms with Crippen LogP contribution < -0.4 is 20.3 Å². The van der Waals surface area contributed by atoms with Gasteiger partial charge in [-0.15, -0.1) is 0 Å². The highest BCUT2D eigenvalue weighted by atomic mass is 79.9. The quantitative estimate of drug-likeness (QED) is 0.585. The van der Waals surface area contributed by atoms with E-state index >= 15 is 0 Å². The number of benzene rings is 1. The molecule has 2 aromatic rings. The molecule has 1 aliphatic carbocycles. The van der Waals surface area contributed by atoms with Gasteiger partial charge >= 0.3 is 6.09 Å². The molecule has 8 nitrogen and oxygen atoms in total. The lowest BCUT2D eigenvalue weighted by atomic mass is 9.96. The summed E-state index contributed by atoms with van der Waals surface area (Å²) in [6, 6.07) is 7.60. The van der Waals surface area contributed by atoms with Crippen molar-refractivity contribution in [2.75, 3.05) is 30.0 Å². The summed E-state index contributed by atoms with van der Waals surface area (Å²) in [4.78, 5) is 39.2. The van der Waals surface area contributed by atoms with Gasteiger partial charge < -0.3 is 25.0 Å². The Morgan fingerprint density at radius 3 is 2.67 bits per heavy atom. The van der Waals surface area contributed by atoms with Crippen LogP contribution in [-0.2, 0) is 14.3 Å². The summed E-state index contributed by atoms with van der Waals surface area (Å²) in [5.74, 6) is -1.27. The lowest BCUT2D eigenvalue weighted by Crippen LogP contribution is -2.55. The van der Waals surface area contributed by atoms with E-state index in [9.17, 15) is 18.8 Å². The third-order valence-corrected chi connectivity index (χ3v) is 7.19. The molecule has 1 saturated carbocycles. The largest absolute Gasteiger partial charge is 0.414 e. The summed E-state index contributed by atoms with van der Waals surface area (Å²) in [5.41, 5.74) is -0.759. The summed E-state index contributed by atoms with van der Waals surface area (Å²) < 4.78 is 26.2. The van der Waals surface area contributed by atoms with Crippen molar-refractivity contribution in [3.05, 3.63) is 39.9 Å². The van der Waals surface area contributed by atoms with Gasteiger partial charge in [-0.2, -0.15) is 0 Å². The SMILES string of the molecule is O=C(NC1(C(=O)Nc2ccc(N3CCOCCC3=O)c(F)c2)CCCC1)Oc1ccc(Br)s1. The Balaban J connectivity index is 1.45. The van der Waals surface area contributed by atoms with E-state index in [0.29, 0.717) is 31.1 Å². The minimum Gasteiger partial charge on any atom is -0.399 e. The molecule has 0 bridgehead atoms. The number of carbonyl (C=O) groups excluding carboxylic acids is 3. The zero-order valence-corrected chi connectivity index (χ0v) is 20.1. The van der Waals surface area contributed by atoms with Crippen molar-refractivity contribution in [2.24, 2.45) is 0 Å². The Kier molecular flexibility index (Phi) is 7.30. The molecular weight excluding hydrogens is 517 g/mol. The van der Waals surface area contributed by atoms with Gasteiger partial charge in [0.05, 0.1) is 29.1 Å². The van der Waals surface area contributed by atoms with E-state index in [2.05, 4.69) is 26.6 Å². The highest BCUT2D eigenvalue weighted by Crippen LogP contribution is 2.33. The second-order valence-corrected chi connectivity index (χ2v) is 10.3. The number of carbonyl (C=O) groups is 3. The zero-order valence-electron chi connectivity index (χ0n) is 17.7. The van der Waals surface area contributed by atoms with E-state index in [0.717, 1.165) is 16.6 Å². The number of rotatable bonds is 5. The molecule has 1 aromatic carbocycles. The summed E-state index contributed by atoms with van der Waals surface area (Å²) in [5, 5.41) is 5.83. The van der Waals surface area contributed by atoms with Crippen LogP contribution in [0.3, 0.4) is 0 Å². The number of nitrogens with zero attached hydrogens (tertiary/aromatic N) is 1. The Morgan fingerprint density at radius 1 is 1.18 bits per heavy atom. The first-order valence-electron chi connectivity index (χ1n) is 10.6. The van der Waals surface area contributed by atoms with Crippen molar-refractivity contribution >= 4 is 56.5 Å². The maximum atomic E-state index is 14.8. The Morgan fingerprint density at radius 2 is 1.97 bits per heavy atom. The van der Waals surface area contributed by atoms with Gasteiger partial charge in [0.1, 0.15) is 11.4 Å². The predicted octanol–water partition coefficient (Wildman–Crippen LogP) is 4.44. The van der Waals surface area contributed by atoms with Gasteiger partial charge in [0, 0.05) is 12.2 Å². The number of ether oxygens (including phenoxy) is 2. The Labute approximate surface area is 202 Å². The maximum Gasteiger partial charge on any atom is 0.414 e. The molecule has 0 spiro atoms. The predicted molar refractivity (Wildman–Crippen MR) is 125 cm³/mol. The van der Waals surface area contributed by atoms with E-state index in [1.165, 1.54) is 28.4 Å². The molecule has 2 aliphatic rings. The van der Waals surface area contributed by atoms with Gasteiger partial charge in [-0.25, -0.2) is 9.18 Å². The van der Waals surface area contributed by atoms with Crippen LogP contribution in [0.5, 0.6) is 5.06 Å². The average molecular weight is 540 g/mol. The number of nitrogens with one attached hydrogen (secondary N) is 2. The monoisotopic (exact) mass is 539 g/mol. The number of anilines is 2. The molecule has 1 saturated heterocycles. The molecule has 176 valence electrons. The summed E-state index contributed by atoms with van der Waals surface area (Å²) in [6.45, 7) is 0.903. The van der Waals surface area contributed by atoms with Crippen molar-refractivity contribution in [3.63, 3.8) is 0 Å². The van der Waals surface area contributed by atoms with Gasteiger partial charge in [0.25, 0.3) is 0 Å². The zero-order chi connectivity index (χ0) is 23.4. The van der Waals surface area contributed by atoms with E-state index in [1.54, 1.807) is 18.2 Å². The molecule has 2 fully saturated rings. The van der Waals surface area contributed by atoms with Crippen molar-refractivity contribution in [3.8, 4) is 5.06 Å². The number of thiophene rings is 1. The smallest absolute Gasteiger partial charge is 0.399 e. The third kappa shape index (κ3) is 5.53. The van der Waals surface area contributed by atoms with E-state index < -0.39 is 23.4 Å². The first-order chi connectivity index (χ1) is 15.9. The maximum absolute atomic E-state index is 14.8. The minimum atomic E-state index is -1.14. The van der Waals surface area contributed by atoms with Crippen LogP contribution in [0.25, 0.3) is 0 Å². The van der Waals surface area contributed by atoms with Gasteiger partial charge in [-0.3, -0.25) is 9.59 Å². The Hall–Kier alpha value is -2.50. The van der Waals surface area contributed by atoms with Crippen LogP contribution in [0.4, 0.5) is 20.6 Å². The molecule has 3 amide bonds. The molecule has 1 aromatic heterocycles. The van der Waals surface area contributed by atoms with Crippen LogP contribution in [0.1, 0.15) is 32.1 Å². The number of halogens is 2. The van der Waals surface area contributed by atoms with Crippen molar-refractivity contribution in [1.82, 2.24) is 5.32 Å². The normalized spacial score (nSPS) is 18.0. The second kappa shape index (κ2) is 10.2. The highest BCUT2D eigenvalue weighted by molar-refractivity contribution is 9.11. The standard InChI is InChI=1S/C22H23BrFN3O5S/c23-17-5-6-19(33-17)32-21(30)26-22(8-1-2-9-22)20(29)25-14-3-4-16(15(24)13-14)27-10-12-31-11-7-18(27)28/h3-6,13H,1-2,7-12H2,(H,25,29)(H,26,30). The topological polar surface area (TPSA) is 97.0 Å². The molecule has 2 heterocycles. The molecule has 4 rings (SSSR count). The van der Waals surface area contributed by atoms with E-state index in [1.807, 2.05) is 0 Å². The fourth-order valence-corrected chi connectivity index (χ4v) is 5.23. The first-order valence-corrected chi connectivity index (χ1v) is 12.2. The number of hydrogen-bond donors (Lipinski definition) is 2. The molecule has 0 atom stereocenters. The molecule has 1 aliphatic heterocycles. The van der Waals surface area contributed by atoms with Crippen molar-refractivity contribution in [2.45, 2.75) is 37.6 Å². The average Bonchev–Trinajstić information content (AvgIpc) is 3.35. The van der Waals surface area contributed by atoms with Crippen molar-refractivity contribution in [1.29, 1.82) is 0 Å². The molecule has 0 unspecified atom stereocenters. The lowest BCUT2D eigenvalue weighted by Gasteiger charge is -2.28. The van der Waals surface area contributed by atoms with Crippen LogP contribution in [0.2, 0.25) is 0 Å². The fourth-order valence-electron chi connectivity index (χ4n) is 4.04. The minimum absolute atomic E-state index is 0.142. The van der Waals surface area contributed by atoms with Crippen LogP contribution in [-0.4, -0.2) is 43.2 Å². The van der Waals surface area contributed by atoms with Crippen LogP contribution in [0, 0.1) is 5.82 Å². The van der Waals surface area contributed by atoms with Gasteiger partial charge in [0.15, 0.2) is 5.06 Å². The summed E-state index contributed by atoms with van der Waals surface area (Å²) in [6.07, 6.45) is 1.90. The second-order valence-electron chi connectivity index (χ2n) is 7.89. The van der Waals surface area contributed by atoms with Gasteiger partial charge in [-0.05, 0) is 59.1 Å². The Bertz CT molecular complexity index is 1060.